The van der Waals surface area contributed by atoms with Crippen molar-refractivity contribution in [1.82, 2.24) is 10.2 Å². The lowest BCUT2D eigenvalue weighted by Crippen LogP contribution is -2.54. The van der Waals surface area contributed by atoms with E-state index >= 15 is 0 Å². The minimum Gasteiger partial charge on any atom is -0.481 e. The monoisotopic (exact) mass is 258 g/mol. The molecule has 0 radical (unpaired) electrons. The van der Waals surface area contributed by atoms with E-state index in [1.54, 1.807) is 0 Å². The summed E-state index contributed by atoms with van der Waals surface area (Å²) < 4.78 is 5.27. The van der Waals surface area contributed by atoms with Crippen LogP contribution in [0.15, 0.2) is 0 Å². The van der Waals surface area contributed by atoms with Crippen LogP contribution in [-0.4, -0.2) is 53.8 Å². The van der Waals surface area contributed by atoms with Gasteiger partial charge in [-0.2, -0.15) is 0 Å². The predicted octanol–water partition coefficient (Wildman–Crippen LogP) is 1.06. The molecule has 0 aromatic heterocycles. The highest BCUT2D eigenvalue weighted by atomic mass is 16.5. The van der Waals surface area contributed by atoms with Crippen LogP contribution in [0.2, 0.25) is 0 Å². The third-order valence-electron chi connectivity index (χ3n) is 3.27. The van der Waals surface area contributed by atoms with E-state index in [1.165, 1.54) is 4.90 Å². The molecule has 0 aromatic carbocycles. The molecule has 1 saturated heterocycles. The molecule has 1 rings (SSSR count). The van der Waals surface area contributed by atoms with Crippen molar-refractivity contribution in [3.63, 3.8) is 0 Å². The first-order valence-corrected chi connectivity index (χ1v) is 6.33. The zero-order valence-electron chi connectivity index (χ0n) is 11.1. The van der Waals surface area contributed by atoms with Crippen LogP contribution in [0.1, 0.15) is 33.1 Å². The zero-order valence-corrected chi connectivity index (χ0v) is 11.1. The molecule has 0 spiro atoms. The van der Waals surface area contributed by atoms with Crippen LogP contribution in [-0.2, 0) is 9.53 Å². The zero-order chi connectivity index (χ0) is 13.6. The fourth-order valence-corrected chi connectivity index (χ4v) is 1.92. The summed E-state index contributed by atoms with van der Waals surface area (Å²) in [6.45, 7) is 5.89. The van der Waals surface area contributed by atoms with E-state index in [-0.39, 0.29) is 24.5 Å². The smallest absolute Gasteiger partial charge is 0.317 e. The Hall–Kier alpha value is -1.30. The molecule has 6 nitrogen and oxygen atoms in total. The van der Waals surface area contributed by atoms with Crippen molar-refractivity contribution < 1.29 is 19.4 Å². The highest BCUT2D eigenvalue weighted by molar-refractivity contribution is 5.76. The maximum absolute atomic E-state index is 12.0. The highest BCUT2D eigenvalue weighted by Gasteiger charge is 2.30. The normalized spacial score (nSPS) is 18.1. The lowest BCUT2D eigenvalue weighted by molar-refractivity contribution is -0.137. The van der Waals surface area contributed by atoms with Crippen LogP contribution in [0.4, 0.5) is 4.79 Å². The van der Waals surface area contributed by atoms with Crippen molar-refractivity contribution in [3.8, 4) is 0 Å². The summed E-state index contributed by atoms with van der Waals surface area (Å²) in [5.74, 6) is -0.890. The van der Waals surface area contributed by atoms with Gasteiger partial charge in [-0.05, 0) is 26.7 Å². The Morgan fingerprint density at radius 3 is 2.50 bits per heavy atom. The van der Waals surface area contributed by atoms with Crippen molar-refractivity contribution in [1.29, 1.82) is 0 Å². The van der Waals surface area contributed by atoms with Crippen LogP contribution in [0.3, 0.4) is 0 Å². The van der Waals surface area contributed by atoms with Crippen molar-refractivity contribution in [2.24, 2.45) is 0 Å². The van der Waals surface area contributed by atoms with Crippen LogP contribution >= 0.6 is 0 Å². The van der Waals surface area contributed by atoms with E-state index in [1.807, 2.05) is 13.8 Å². The Morgan fingerprint density at radius 2 is 2.00 bits per heavy atom. The molecule has 0 atom stereocenters. The number of nitrogens with one attached hydrogen (secondary N) is 1. The highest BCUT2D eigenvalue weighted by Crippen LogP contribution is 2.19. The number of aliphatic carboxylic acids is 1. The summed E-state index contributed by atoms with van der Waals surface area (Å²) in [6, 6.07) is -0.192. The molecule has 2 N–H and O–H groups in total. The average molecular weight is 258 g/mol. The summed E-state index contributed by atoms with van der Waals surface area (Å²) in [4.78, 5) is 24.1. The van der Waals surface area contributed by atoms with Gasteiger partial charge in [-0.15, -0.1) is 0 Å². The summed E-state index contributed by atoms with van der Waals surface area (Å²) in [5, 5.41) is 11.6. The fraction of sp³-hybridized carbons (Fsp3) is 0.833. The first-order valence-electron chi connectivity index (χ1n) is 6.33. The number of hydrogen-bond donors (Lipinski definition) is 2. The van der Waals surface area contributed by atoms with Crippen molar-refractivity contribution >= 4 is 12.0 Å². The Labute approximate surface area is 107 Å². The summed E-state index contributed by atoms with van der Waals surface area (Å²) >= 11 is 0. The van der Waals surface area contributed by atoms with Gasteiger partial charge in [0.05, 0.1) is 6.42 Å². The number of carbonyl (C=O) groups is 2. The van der Waals surface area contributed by atoms with E-state index < -0.39 is 5.97 Å². The number of carboxylic acids is 1. The molecule has 1 fully saturated rings. The Balaban J connectivity index is 2.47. The molecule has 6 heteroatoms. The van der Waals surface area contributed by atoms with Gasteiger partial charge in [-0.25, -0.2) is 4.79 Å². The van der Waals surface area contributed by atoms with Gasteiger partial charge < -0.3 is 20.1 Å². The molecule has 1 aliphatic rings. The molecule has 1 aliphatic heterocycles. The molecule has 0 aromatic rings. The van der Waals surface area contributed by atoms with Gasteiger partial charge in [-0.3, -0.25) is 4.79 Å². The summed E-state index contributed by atoms with van der Waals surface area (Å²) in [5.41, 5.74) is -0.244. The molecule has 104 valence electrons. The van der Waals surface area contributed by atoms with Gasteiger partial charge in [0.25, 0.3) is 0 Å². The molecule has 0 aliphatic carbocycles. The summed E-state index contributed by atoms with van der Waals surface area (Å²) in [7, 11) is 0. The summed E-state index contributed by atoms with van der Waals surface area (Å²) in [6.07, 6.45) is 1.55. The largest absolute Gasteiger partial charge is 0.481 e. The van der Waals surface area contributed by atoms with E-state index in [2.05, 4.69) is 5.32 Å². The van der Waals surface area contributed by atoms with Crippen molar-refractivity contribution in [2.75, 3.05) is 26.3 Å². The lowest BCUT2D eigenvalue weighted by atomic mass is 9.93. The fourth-order valence-electron chi connectivity index (χ4n) is 1.92. The third kappa shape index (κ3) is 4.52. The standard InChI is InChI=1S/C12H22N2O4/c1-3-14(7-4-10(15)16)11(17)13-12(2)5-8-18-9-6-12/h3-9H2,1-2H3,(H,13,17)(H,15,16). The Kier molecular flexibility index (Phi) is 5.40. The average Bonchev–Trinajstić information content (AvgIpc) is 2.29. The molecule has 2 amide bonds. The second-order valence-corrected chi connectivity index (χ2v) is 4.83. The minimum atomic E-state index is -0.890. The number of nitrogens with zero attached hydrogens (tertiary/aromatic N) is 1. The van der Waals surface area contributed by atoms with Crippen molar-refractivity contribution in [2.45, 2.75) is 38.6 Å². The number of urea groups is 1. The topological polar surface area (TPSA) is 78.9 Å². The van der Waals surface area contributed by atoms with Crippen LogP contribution in [0.5, 0.6) is 0 Å². The lowest BCUT2D eigenvalue weighted by Gasteiger charge is -2.36. The first kappa shape index (κ1) is 14.8. The van der Waals surface area contributed by atoms with Gasteiger partial charge in [0.2, 0.25) is 0 Å². The van der Waals surface area contributed by atoms with E-state index in [0.29, 0.717) is 19.8 Å². The second-order valence-electron chi connectivity index (χ2n) is 4.83. The quantitative estimate of drug-likeness (QED) is 0.773. The first-order chi connectivity index (χ1) is 8.47. The SMILES string of the molecule is CCN(CCC(=O)O)C(=O)NC1(C)CCOCC1. The molecule has 0 bridgehead atoms. The molecule has 0 saturated carbocycles. The molecule has 1 heterocycles. The second kappa shape index (κ2) is 6.58. The van der Waals surface area contributed by atoms with Crippen LogP contribution in [0, 0.1) is 0 Å². The van der Waals surface area contributed by atoms with E-state index in [4.69, 9.17) is 9.84 Å². The number of ether oxygens (including phenoxy) is 1. The van der Waals surface area contributed by atoms with E-state index in [0.717, 1.165) is 12.8 Å². The number of carbonyl (C=O) groups excluding carboxylic acids is 1. The van der Waals surface area contributed by atoms with Gasteiger partial charge in [-0.1, -0.05) is 0 Å². The molecular formula is C12H22N2O4. The van der Waals surface area contributed by atoms with Crippen LogP contribution < -0.4 is 5.32 Å². The van der Waals surface area contributed by atoms with Gasteiger partial charge >= 0.3 is 12.0 Å². The number of hydrogen-bond acceptors (Lipinski definition) is 3. The maximum Gasteiger partial charge on any atom is 0.317 e. The number of carboxylic acid groups (broad SMARTS) is 1. The third-order valence-corrected chi connectivity index (χ3v) is 3.27. The number of amides is 2. The van der Waals surface area contributed by atoms with E-state index in [9.17, 15) is 9.59 Å². The molecule has 0 unspecified atom stereocenters. The Bertz CT molecular complexity index is 300. The minimum absolute atomic E-state index is 0.0267. The Morgan fingerprint density at radius 1 is 1.39 bits per heavy atom. The molecular weight excluding hydrogens is 236 g/mol. The van der Waals surface area contributed by atoms with Gasteiger partial charge in [0, 0.05) is 31.8 Å². The predicted molar refractivity (Wildman–Crippen MR) is 66.5 cm³/mol. The van der Waals surface area contributed by atoms with Gasteiger partial charge in [0.1, 0.15) is 0 Å². The number of rotatable bonds is 5. The maximum atomic E-state index is 12.0. The van der Waals surface area contributed by atoms with Crippen molar-refractivity contribution in [3.05, 3.63) is 0 Å². The van der Waals surface area contributed by atoms with Crippen LogP contribution in [0.25, 0.3) is 0 Å². The molecule has 18 heavy (non-hydrogen) atoms. The van der Waals surface area contributed by atoms with Gasteiger partial charge in [0.15, 0.2) is 0 Å².